The highest BCUT2D eigenvalue weighted by atomic mass is 32.2. The van der Waals surface area contributed by atoms with Crippen molar-refractivity contribution in [1.29, 1.82) is 0 Å². The lowest BCUT2D eigenvalue weighted by Crippen LogP contribution is -2.28. The maximum Gasteiger partial charge on any atom is 0.404 e. The summed E-state index contributed by atoms with van der Waals surface area (Å²) in [5.41, 5.74) is 2.07. The zero-order valence-electron chi connectivity index (χ0n) is 17.1. The molecule has 174 valence electrons. The summed E-state index contributed by atoms with van der Waals surface area (Å²) >= 11 is 0. The molecule has 0 aliphatic heterocycles. The number of halogens is 3. The van der Waals surface area contributed by atoms with Gasteiger partial charge in [0.2, 0.25) is 10.0 Å². The number of alkyl halides is 3. The molecule has 0 amide bonds. The van der Waals surface area contributed by atoms with Gasteiger partial charge in [0.15, 0.2) is 5.75 Å². The summed E-state index contributed by atoms with van der Waals surface area (Å²) in [5, 5.41) is 21.4. The average molecular weight is 472 g/mol. The largest absolute Gasteiger partial charge is 0.492 e. The summed E-state index contributed by atoms with van der Waals surface area (Å²) in [6, 6.07) is 11.2. The Labute approximate surface area is 182 Å². The molecule has 3 rings (SSSR count). The van der Waals surface area contributed by atoms with E-state index in [4.69, 9.17) is 4.74 Å². The van der Waals surface area contributed by atoms with Crippen molar-refractivity contribution in [3.63, 3.8) is 0 Å². The number of nitrogens with zero attached hydrogens (tertiary/aromatic N) is 1. The lowest BCUT2D eigenvalue weighted by atomic mass is 10.1. The Balaban J connectivity index is 1.46. The van der Waals surface area contributed by atoms with E-state index in [0.717, 1.165) is 16.6 Å². The highest BCUT2D eigenvalue weighted by molar-refractivity contribution is 7.92. The van der Waals surface area contributed by atoms with Crippen LogP contribution in [0.4, 0.5) is 18.9 Å². The molecule has 8 nitrogen and oxygen atoms in total. The molecular weight excluding hydrogens is 449 g/mol. The van der Waals surface area contributed by atoms with Gasteiger partial charge in [-0.25, -0.2) is 8.42 Å². The van der Waals surface area contributed by atoms with E-state index in [9.17, 15) is 26.7 Å². The van der Waals surface area contributed by atoms with Crippen LogP contribution in [-0.4, -0.2) is 55.3 Å². The zero-order valence-corrected chi connectivity index (χ0v) is 17.9. The van der Waals surface area contributed by atoms with Crippen LogP contribution in [0.2, 0.25) is 0 Å². The number of rotatable bonds is 10. The van der Waals surface area contributed by atoms with Gasteiger partial charge in [-0.3, -0.25) is 9.82 Å². The zero-order chi connectivity index (χ0) is 23.4. The molecule has 1 atom stereocenters. The summed E-state index contributed by atoms with van der Waals surface area (Å²) in [6.07, 6.45) is -5.84. The second-order valence-corrected chi connectivity index (χ2v) is 8.91. The maximum absolute atomic E-state index is 12.4. The fourth-order valence-corrected chi connectivity index (χ4v) is 4.05. The number of aryl methyl sites for hydroxylation is 1. The third-order valence-electron chi connectivity index (χ3n) is 4.51. The van der Waals surface area contributed by atoms with E-state index in [-0.39, 0.29) is 12.2 Å². The third-order valence-corrected chi connectivity index (χ3v) is 5.76. The van der Waals surface area contributed by atoms with Gasteiger partial charge in [-0.15, -0.1) is 0 Å². The van der Waals surface area contributed by atoms with Gasteiger partial charge < -0.3 is 15.2 Å². The molecule has 1 aromatic heterocycles. The molecule has 4 N–H and O–H groups in total. The Bertz CT molecular complexity index is 1170. The fourth-order valence-electron chi connectivity index (χ4n) is 3.06. The highest BCUT2D eigenvalue weighted by Gasteiger charge is 2.35. The van der Waals surface area contributed by atoms with E-state index in [1.54, 1.807) is 6.07 Å². The van der Waals surface area contributed by atoms with Crippen LogP contribution in [0.3, 0.4) is 0 Å². The van der Waals surface area contributed by atoms with Crippen molar-refractivity contribution in [2.75, 3.05) is 30.2 Å². The molecule has 0 bridgehead atoms. The van der Waals surface area contributed by atoms with Gasteiger partial charge in [-0.05, 0) is 36.8 Å². The van der Waals surface area contributed by atoms with E-state index in [1.807, 2.05) is 29.8 Å². The number of aromatic amines is 1. The summed E-state index contributed by atoms with van der Waals surface area (Å²) in [6.45, 7) is 2.81. The van der Waals surface area contributed by atoms with Crippen molar-refractivity contribution in [3.05, 3.63) is 53.7 Å². The minimum Gasteiger partial charge on any atom is -0.492 e. The first-order valence-electron chi connectivity index (χ1n) is 9.66. The first-order valence-corrected chi connectivity index (χ1v) is 11.3. The van der Waals surface area contributed by atoms with Gasteiger partial charge >= 0.3 is 6.18 Å². The second kappa shape index (κ2) is 9.76. The van der Waals surface area contributed by atoms with Gasteiger partial charge in [0.05, 0.1) is 17.3 Å². The second-order valence-electron chi connectivity index (χ2n) is 7.19. The van der Waals surface area contributed by atoms with Gasteiger partial charge in [-0.1, -0.05) is 12.1 Å². The van der Waals surface area contributed by atoms with Crippen LogP contribution in [-0.2, 0) is 10.0 Å². The number of aromatic nitrogens is 2. The predicted octanol–water partition coefficient (Wildman–Crippen LogP) is 2.88. The maximum atomic E-state index is 12.4. The number of benzene rings is 2. The molecule has 1 heterocycles. The average Bonchev–Trinajstić information content (AvgIpc) is 3.05. The standard InChI is InChI=1S/C20H23F3N4O4S/c1-13-17-6-5-16(10-18(17)26-25-13)31-8-7-24-11-19(28)14-3-2-4-15(9-14)27-32(29,30)12-20(21,22)23/h2-6,9-10,19,24,27-28H,7-8,11-12H2,1H3,(H,25,26)/t19-/m0/s1. The molecular formula is C20H23F3N4O4S. The van der Waals surface area contributed by atoms with Gasteiger partial charge in [0, 0.05) is 30.2 Å². The summed E-state index contributed by atoms with van der Waals surface area (Å²) in [5.74, 6) is -1.32. The number of nitrogens with one attached hydrogen (secondary N) is 3. The molecule has 2 aromatic carbocycles. The summed E-state index contributed by atoms with van der Waals surface area (Å²) in [7, 11) is -4.59. The Kier molecular flexibility index (Phi) is 7.26. The topological polar surface area (TPSA) is 116 Å². The number of sulfonamides is 1. The molecule has 0 unspecified atom stereocenters. The number of anilines is 1. The molecule has 0 saturated heterocycles. The quantitative estimate of drug-likeness (QED) is 0.337. The highest BCUT2D eigenvalue weighted by Crippen LogP contribution is 2.22. The number of H-pyrrole nitrogens is 1. The van der Waals surface area contributed by atoms with Gasteiger partial charge in [-0.2, -0.15) is 18.3 Å². The fraction of sp³-hybridized carbons (Fsp3) is 0.350. The number of hydrogen-bond acceptors (Lipinski definition) is 6. The normalized spacial score (nSPS) is 13.3. The Morgan fingerprint density at radius 1 is 1.22 bits per heavy atom. The van der Waals surface area contributed by atoms with E-state index in [0.29, 0.717) is 24.5 Å². The van der Waals surface area contributed by atoms with Crippen molar-refractivity contribution >= 4 is 26.6 Å². The van der Waals surface area contributed by atoms with Crippen LogP contribution < -0.4 is 14.8 Å². The number of ether oxygens (including phenoxy) is 1. The molecule has 0 radical (unpaired) electrons. The van der Waals surface area contributed by atoms with E-state index < -0.39 is 28.1 Å². The lowest BCUT2D eigenvalue weighted by Gasteiger charge is -2.15. The number of aliphatic hydroxyl groups is 1. The molecule has 0 fully saturated rings. The first-order chi connectivity index (χ1) is 15.0. The lowest BCUT2D eigenvalue weighted by molar-refractivity contribution is -0.106. The van der Waals surface area contributed by atoms with Gasteiger partial charge in [0.25, 0.3) is 0 Å². The minimum atomic E-state index is -4.85. The Morgan fingerprint density at radius 3 is 2.75 bits per heavy atom. The smallest absolute Gasteiger partial charge is 0.404 e. The van der Waals surface area contributed by atoms with Gasteiger partial charge in [0.1, 0.15) is 12.4 Å². The van der Waals surface area contributed by atoms with Crippen molar-refractivity contribution in [1.82, 2.24) is 15.5 Å². The predicted molar refractivity (Wildman–Crippen MR) is 114 cm³/mol. The number of aliphatic hydroxyl groups excluding tert-OH is 1. The molecule has 32 heavy (non-hydrogen) atoms. The summed E-state index contributed by atoms with van der Waals surface area (Å²) < 4.78 is 67.8. The van der Waals surface area contributed by atoms with E-state index in [2.05, 4.69) is 15.5 Å². The van der Waals surface area contributed by atoms with Crippen LogP contribution in [0.5, 0.6) is 5.75 Å². The van der Waals surface area contributed by atoms with Crippen LogP contribution in [0, 0.1) is 6.92 Å². The molecule has 3 aromatic rings. The van der Waals surface area contributed by atoms with Crippen molar-refractivity contribution < 1.29 is 31.4 Å². The van der Waals surface area contributed by atoms with Crippen molar-refractivity contribution in [2.45, 2.75) is 19.2 Å². The summed E-state index contributed by atoms with van der Waals surface area (Å²) in [4.78, 5) is 0. The van der Waals surface area contributed by atoms with Crippen LogP contribution >= 0.6 is 0 Å². The van der Waals surface area contributed by atoms with E-state index >= 15 is 0 Å². The van der Waals surface area contributed by atoms with Crippen molar-refractivity contribution in [3.8, 4) is 5.75 Å². The van der Waals surface area contributed by atoms with Crippen LogP contribution in [0.1, 0.15) is 17.4 Å². The van der Waals surface area contributed by atoms with Crippen molar-refractivity contribution in [2.24, 2.45) is 0 Å². The minimum absolute atomic E-state index is 0.0569. The van der Waals surface area contributed by atoms with Crippen LogP contribution in [0.25, 0.3) is 10.9 Å². The molecule has 12 heteroatoms. The SMILES string of the molecule is Cc1n[nH]c2cc(OCCNC[C@H](O)c3cccc(NS(=O)(=O)CC(F)(F)F)c3)ccc12. The molecule has 0 saturated carbocycles. The Hall–Kier alpha value is -2.83. The molecule has 0 aliphatic carbocycles. The molecule has 0 spiro atoms. The van der Waals surface area contributed by atoms with E-state index in [1.165, 1.54) is 18.2 Å². The monoisotopic (exact) mass is 472 g/mol. The molecule has 0 aliphatic rings. The first kappa shape index (κ1) is 23.8. The number of fused-ring (bicyclic) bond motifs is 1. The Morgan fingerprint density at radius 2 is 2.00 bits per heavy atom. The third kappa shape index (κ3) is 6.84. The number of hydrogen-bond donors (Lipinski definition) is 4. The van der Waals surface area contributed by atoms with Crippen LogP contribution in [0.15, 0.2) is 42.5 Å².